The fourth-order valence-corrected chi connectivity index (χ4v) is 3.83. The molecule has 2 aliphatic heterocycles. The van der Waals surface area contributed by atoms with Gasteiger partial charge < -0.3 is 4.90 Å². The molecule has 0 aromatic heterocycles. The zero-order valence-corrected chi connectivity index (χ0v) is 9.17. The average Bonchev–Trinajstić information content (AvgIpc) is 2.49. The SMILES string of the molecule is CN1C[C@@]2(CCCN2S(C)(=O)=O)C1=O. The predicted octanol–water partition coefficient (Wildman–Crippen LogP) is -0.747. The highest BCUT2D eigenvalue weighted by atomic mass is 32.2. The van der Waals surface area contributed by atoms with Crippen LogP contribution in [0.5, 0.6) is 0 Å². The normalized spacial score (nSPS) is 33.9. The molecule has 0 N–H and O–H groups in total. The molecule has 80 valence electrons. The summed E-state index contributed by atoms with van der Waals surface area (Å²) in [6.45, 7) is 1.03. The van der Waals surface area contributed by atoms with Gasteiger partial charge in [0.15, 0.2) is 0 Å². The molecule has 0 aromatic rings. The maximum atomic E-state index is 11.7. The van der Waals surface area contributed by atoms with Crippen LogP contribution >= 0.6 is 0 Å². The first-order valence-electron chi connectivity index (χ1n) is 4.61. The van der Waals surface area contributed by atoms with Crippen LogP contribution in [0, 0.1) is 0 Å². The second-order valence-electron chi connectivity index (χ2n) is 4.13. The number of carbonyl (C=O) groups is 1. The maximum absolute atomic E-state index is 11.7. The number of hydrogen-bond donors (Lipinski definition) is 0. The molecule has 0 radical (unpaired) electrons. The van der Waals surface area contributed by atoms with Crippen molar-refractivity contribution >= 4 is 15.9 Å². The van der Waals surface area contributed by atoms with Gasteiger partial charge in [-0.25, -0.2) is 8.42 Å². The Morgan fingerprint density at radius 3 is 2.50 bits per heavy atom. The minimum atomic E-state index is -3.24. The number of sulfonamides is 1. The lowest BCUT2D eigenvalue weighted by molar-refractivity contribution is -0.154. The van der Waals surface area contributed by atoms with E-state index in [0.717, 1.165) is 6.42 Å². The molecular weight excluding hydrogens is 204 g/mol. The highest BCUT2D eigenvalue weighted by molar-refractivity contribution is 7.88. The number of likely N-dealkylation sites (tertiary alicyclic amines) is 1. The summed E-state index contributed by atoms with van der Waals surface area (Å²) in [5, 5.41) is 0. The topological polar surface area (TPSA) is 57.7 Å². The van der Waals surface area contributed by atoms with Crippen LogP contribution in [0.3, 0.4) is 0 Å². The van der Waals surface area contributed by atoms with Gasteiger partial charge in [-0.05, 0) is 12.8 Å². The molecule has 0 saturated carbocycles. The van der Waals surface area contributed by atoms with Crippen molar-refractivity contribution in [2.45, 2.75) is 18.4 Å². The van der Waals surface area contributed by atoms with Gasteiger partial charge in [-0.2, -0.15) is 4.31 Å². The van der Waals surface area contributed by atoms with Crippen molar-refractivity contribution < 1.29 is 13.2 Å². The molecule has 0 unspecified atom stereocenters. The largest absolute Gasteiger partial charge is 0.342 e. The lowest BCUT2D eigenvalue weighted by Crippen LogP contribution is -2.71. The van der Waals surface area contributed by atoms with E-state index in [1.807, 2.05) is 0 Å². The van der Waals surface area contributed by atoms with Crippen LogP contribution in [0.4, 0.5) is 0 Å². The summed E-state index contributed by atoms with van der Waals surface area (Å²) in [5.41, 5.74) is -0.720. The van der Waals surface area contributed by atoms with E-state index in [2.05, 4.69) is 0 Å². The molecule has 1 amide bonds. The van der Waals surface area contributed by atoms with E-state index in [1.165, 1.54) is 10.6 Å². The Morgan fingerprint density at radius 1 is 1.43 bits per heavy atom. The van der Waals surface area contributed by atoms with Gasteiger partial charge in [-0.1, -0.05) is 0 Å². The molecular formula is C8H14N2O3S. The first kappa shape index (κ1) is 9.92. The summed E-state index contributed by atoms with van der Waals surface area (Å²) < 4.78 is 24.3. The van der Waals surface area contributed by atoms with Gasteiger partial charge >= 0.3 is 0 Å². The zero-order valence-electron chi connectivity index (χ0n) is 8.36. The minimum absolute atomic E-state index is 0.0552. The number of rotatable bonds is 1. The van der Waals surface area contributed by atoms with Crippen LogP contribution in [-0.4, -0.2) is 55.5 Å². The van der Waals surface area contributed by atoms with Crippen molar-refractivity contribution in [1.82, 2.24) is 9.21 Å². The fourth-order valence-electron chi connectivity index (χ4n) is 2.50. The van der Waals surface area contributed by atoms with Crippen molar-refractivity contribution in [3.63, 3.8) is 0 Å². The fraction of sp³-hybridized carbons (Fsp3) is 0.875. The first-order chi connectivity index (χ1) is 6.38. The lowest BCUT2D eigenvalue weighted by atomic mass is 9.88. The van der Waals surface area contributed by atoms with Crippen molar-refractivity contribution in [2.24, 2.45) is 0 Å². The van der Waals surface area contributed by atoms with Crippen LogP contribution in [0.1, 0.15) is 12.8 Å². The molecule has 0 aromatic carbocycles. The third kappa shape index (κ3) is 1.10. The van der Waals surface area contributed by atoms with Gasteiger partial charge in [-0.3, -0.25) is 4.79 Å². The van der Waals surface area contributed by atoms with Crippen LogP contribution in [0.2, 0.25) is 0 Å². The average molecular weight is 218 g/mol. The predicted molar refractivity (Wildman–Crippen MR) is 51.2 cm³/mol. The van der Waals surface area contributed by atoms with E-state index < -0.39 is 15.6 Å². The smallest absolute Gasteiger partial charge is 0.245 e. The molecule has 0 aliphatic carbocycles. The standard InChI is InChI=1S/C8H14N2O3S/c1-9-6-8(7(9)11)4-3-5-10(8)14(2,12)13/h3-6H2,1-2H3/t8-/m0/s1. The van der Waals surface area contributed by atoms with E-state index in [9.17, 15) is 13.2 Å². The Kier molecular flexibility index (Phi) is 1.91. The number of amides is 1. The van der Waals surface area contributed by atoms with Gasteiger partial charge in [0.25, 0.3) is 0 Å². The van der Waals surface area contributed by atoms with Gasteiger partial charge in [0.1, 0.15) is 5.54 Å². The van der Waals surface area contributed by atoms with Gasteiger partial charge in [-0.15, -0.1) is 0 Å². The summed E-state index contributed by atoms with van der Waals surface area (Å²) in [4.78, 5) is 13.2. The van der Waals surface area contributed by atoms with Crippen molar-refractivity contribution in [2.75, 3.05) is 26.4 Å². The molecule has 0 bridgehead atoms. The number of carbonyl (C=O) groups excluding carboxylic acids is 1. The second kappa shape index (κ2) is 2.70. The zero-order chi connectivity index (χ0) is 10.6. The summed E-state index contributed by atoms with van der Waals surface area (Å²) in [7, 11) is -1.54. The van der Waals surface area contributed by atoms with Gasteiger partial charge in [0, 0.05) is 20.1 Å². The third-order valence-electron chi connectivity index (χ3n) is 3.07. The van der Waals surface area contributed by atoms with Crippen LogP contribution < -0.4 is 0 Å². The molecule has 1 atom stereocenters. The van der Waals surface area contributed by atoms with E-state index in [0.29, 0.717) is 19.5 Å². The molecule has 5 nitrogen and oxygen atoms in total. The van der Waals surface area contributed by atoms with Crippen LogP contribution in [0.15, 0.2) is 0 Å². The van der Waals surface area contributed by atoms with Gasteiger partial charge in [0.2, 0.25) is 15.9 Å². The van der Waals surface area contributed by atoms with Crippen molar-refractivity contribution in [3.8, 4) is 0 Å². The molecule has 1 spiro atoms. The Bertz CT molecular complexity index is 378. The molecule has 2 saturated heterocycles. The highest BCUT2D eigenvalue weighted by Gasteiger charge is 2.59. The molecule has 2 aliphatic rings. The Morgan fingerprint density at radius 2 is 2.07 bits per heavy atom. The van der Waals surface area contributed by atoms with E-state index in [-0.39, 0.29) is 5.91 Å². The molecule has 2 fully saturated rings. The number of hydrogen-bond acceptors (Lipinski definition) is 3. The Hall–Kier alpha value is -0.620. The van der Waals surface area contributed by atoms with Crippen LogP contribution in [0.25, 0.3) is 0 Å². The molecule has 6 heteroatoms. The quantitative estimate of drug-likeness (QED) is 0.544. The van der Waals surface area contributed by atoms with E-state index in [1.54, 1.807) is 11.9 Å². The number of likely N-dealkylation sites (N-methyl/N-ethyl adjacent to an activating group) is 1. The summed E-state index contributed by atoms with van der Waals surface area (Å²) in [6, 6.07) is 0. The minimum Gasteiger partial charge on any atom is -0.342 e. The summed E-state index contributed by atoms with van der Waals surface area (Å²) >= 11 is 0. The number of β-lactam (4-membered cyclic amide) rings is 1. The monoisotopic (exact) mass is 218 g/mol. The molecule has 2 heterocycles. The van der Waals surface area contributed by atoms with Crippen molar-refractivity contribution in [3.05, 3.63) is 0 Å². The number of nitrogens with zero attached hydrogens (tertiary/aromatic N) is 2. The van der Waals surface area contributed by atoms with Crippen molar-refractivity contribution in [1.29, 1.82) is 0 Å². The first-order valence-corrected chi connectivity index (χ1v) is 6.46. The lowest BCUT2D eigenvalue weighted by Gasteiger charge is -2.48. The van der Waals surface area contributed by atoms with E-state index >= 15 is 0 Å². The van der Waals surface area contributed by atoms with Gasteiger partial charge in [0.05, 0.1) is 6.26 Å². The van der Waals surface area contributed by atoms with E-state index in [4.69, 9.17) is 0 Å². The maximum Gasteiger partial charge on any atom is 0.245 e. The second-order valence-corrected chi connectivity index (χ2v) is 6.04. The van der Waals surface area contributed by atoms with Crippen LogP contribution in [-0.2, 0) is 14.8 Å². The third-order valence-corrected chi connectivity index (χ3v) is 4.41. The molecule has 14 heavy (non-hydrogen) atoms. The Balaban J connectivity index is 2.33. The Labute approximate surface area is 83.7 Å². The molecule has 2 rings (SSSR count). The summed E-state index contributed by atoms with van der Waals surface area (Å²) in [6.07, 6.45) is 2.63. The highest BCUT2D eigenvalue weighted by Crippen LogP contribution is 2.39. The summed E-state index contributed by atoms with van der Waals surface area (Å²) in [5.74, 6) is -0.0552.